The molecule has 5 nitrogen and oxygen atoms in total. The average Bonchev–Trinajstić information content (AvgIpc) is 2.40. The fourth-order valence-corrected chi connectivity index (χ4v) is 2.89. The molecule has 1 aromatic rings. The molecule has 1 aliphatic rings. The number of urea groups is 1. The Morgan fingerprint density at radius 3 is 2.76 bits per heavy atom. The van der Waals surface area contributed by atoms with E-state index in [1.54, 1.807) is 12.1 Å². The molecule has 2 atom stereocenters. The Morgan fingerprint density at radius 2 is 2.05 bits per heavy atom. The SMILES string of the molecule is CC1CCCC(NC(=O)Nc2ccccc2CC(N)=O)C1. The van der Waals surface area contributed by atoms with E-state index in [1.807, 2.05) is 12.1 Å². The molecule has 0 bridgehead atoms. The van der Waals surface area contributed by atoms with Gasteiger partial charge < -0.3 is 16.4 Å². The zero-order valence-corrected chi connectivity index (χ0v) is 12.4. The molecule has 0 saturated heterocycles. The van der Waals surface area contributed by atoms with Crippen LogP contribution in [0, 0.1) is 5.92 Å². The molecule has 0 radical (unpaired) electrons. The van der Waals surface area contributed by atoms with E-state index in [9.17, 15) is 9.59 Å². The molecule has 0 spiro atoms. The third-order valence-corrected chi connectivity index (χ3v) is 3.90. The van der Waals surface area contributed by atoms with E-state index in [-0.39, 0.29) is 18.5 Å². The van der Waals surface area contributed by atoms with Crippen molar-refractivity contribution in [1.29, 1.82) is 0 Å². The summed E-state index contributed by atoms with van der Waals surface area (Å²) in [5.74, 6) is 0.247. The number of para-hydroxylation sites is 1. The summed E-state index contributed by atoms with van der Waals surface area (Å²) in [6.07, 6.45) is 4.57. The Bertz CT molecular complexity index is 516. The van der Waals surface area contributed by atoms with Crippen LogP contribution < -0.4 is 16.4 Å². The van der Waals surface area contributed by atoms with Crippen LogP contribution in [0.3, 0.4) is 0 Å². The molecular weight excluding hydrogens is 266 g/mol. The molecule has 0 heterocycles. The molecule has 1 aliphatic carbocycles. The van der Waals surface area contributed by atoms with Gasteiger partial charge in [-0.3, -0.25) is 4.79 Å². The molecule has 4 N–H and O–H groups in total. The maximum absolute atomic E-state index is 12.1. The van der Waals surface area contributed by atoms with Crippen molar-refractivity contribution in [1.82, 2.24) is 5.32 Å². The zero-order valence-electron chi connectivity index (χ0n) is 12.4. The highest BCUT2D eigenvalue weighted by Crippen LogP contribution is 2.23. The largest absolute Gasteiger partial charge is 0.369 e. The van der Waals surface area contributed by atoms with Gasteiger partial charge in [0.15, 0.2) is 0 Å². The fraction of sp³-hybridized carbons (Fsp3) is 0.500. The summed E-state index contributed by atoms with van der Waals surface area (Å²) in [7, 11) is 0. The molecule has 0 aromatic heterocycles. The molecule has 2 rings (SSSR count). The average molecular weight is 289 g/mol. The molecule has 3 amide bonds. The molecule has 0 aliphatic heterocycles. The predicted molar refractivity (Wildman–Crippen MR) is 82.9 cm³/mol. The number of nitrogens with one attached hydrogen (secondary N) is 2. The number of carbonyl (C=O) groups excluding carboxylic acids is 2. The van der Waals surface area contributed by atoms with Crippen molar-refractivity contribution in [3.63, 3.8) is 0 Å². The van der Waals surface area contributed by atoms with Gasteiger partial charge in [0.2, 0.25) is 5.91 Å². The highest BCUT2D eigenvalue weighted by atomic mass is 16.2. The summed E-state index contributed by atoms with van der Waals surface area (Å²) >= 11 is 0. The van der Waals surface area contributed by atoms with Crippen molar-refractivity contribution in [3.05, 3.63) is 29.8 Å². The Hall–Kier alpha value is -2.04. The lowest BCUT2D eigenvalue weighted by Gasteiger charge is -2.27. The summed E-state index contributed by atoms with van der Waals surface area (Å²) in [5, 5.41) is 5.83. The second kappa shape index (κ2) is 7.11. The number of nitrogens with two attached hydrogens (primary N) is 1. The van der Waals surface area contributed by atoms with Gasteiger partial charge in [-0.2, -0.15) is 0 Å². The molecule has 114 valence electrons. The predicted octanol–water partition coefficient (Wildman–Crippen LogP) is 2.41. The van der Waals surface area contributed by atoms with Crippen molar-refractivity contribution < 1.29 is 9.59 Å². The summed E-state index contributed by atoms with van der Waals surface area (Å²) in [5.41, 5.74) is 6.59. The summed E-state index contributed by atoms with van der Waals surface area (Å²) in [6.45, 7) is 2.22. The molecule has 1 saturated carbocycles. The molecule has 1 aromatic carbocycles. The highest BCUT2D eigenvalue weighted by Gasteiger charge is 2.20. The number of anilines is 1. The van der Waals surface area contributed by atoms with Gasteiger partial charge in [-0.1, -0.05) is 38.0 Å². The normalized spacial score (nSPS) is 21.6. The standard InChI is InChI=1S/C16H23N3O2/c1-11-5-4-7-13(9-11)18-16(21)19-14-8-3-2-6-12(14)10-15(17)20/h2-3,6,8,11,13H,4-5,7,9-10H2,1H3,(H2,17,20)(H2,18,19,21). The van der Waals surface area contributed by atoms with Crippen LogP contribution in [0.15, 0.2) is 24.3 Å². The first-order valence-electron chi connectivity index (χ1n) is 7.48. The van der Waals surface area contributed by atoms with Gasteiger partial charge in [0, 0.05) is 11.7 Å². The van der Waals surface area contributed by atoms with Crippen LogP contribution >= 0.6 is 0 Å². The van der Waals surface area contributed by atoms with Crippen LogP contribution in [0.25, 0.3) is 0 Å². The Kier molecular flexibility index (Phi) is 5.20. The van der Waals surface area contributed by atoms with Crippen molar-refractivity contribution >= 4 is 17.6 Å². The second-order valence-electron chi connectivity index (χ2n) is 5.87. The molecule has 2 unspecified atom stereocenters. The second-order valence-corrected chi connectivity index (χ2v) is 5.87. The zero-order chi connectivity index (χ0) is 15.2. The minimum Gasteiger partial charge on any atom is -0.369 e. The quantitative estimate of drug-likeness (QED) is 0.795. The van der Waals surface area contributed by atoms with Crippen LogP contribution in [0.5, 0.6) is 0 Å². The van der Waals surface area contributed by atoms with Crippen molar-refractivity contribution in [2.45, 2.75) is 45.1 Å². The smallest absolute Gasteiger partial charge is 0.319 e. The van der Waals surface area contributed by atoms with E-state index < -0.39 is 5.91 Å². The van der Waals surface area contributed by atoms with Crippen LogP contribution in [-0.4, -0.2) is 18.0 Å². The first-order valence-corrected chi connectivity index (χ1v) is 7.48. The van der Waals surface area contributed by atoms with Gasteiger partial charge in [-0.15, -0.1) is 0 Å². The van der Waals surface area contributed by atoms with Crippen LogP contribution in [-0.2, 0) is 11.2 Å². The first-order chi connectivity index (χ1) is 10.0. The van der Waals surface area contributed by atoms with Gasteiger partial charge in [0.1, 0.15) is 0 Å². The Balaban J connectivity index is 1.94. The molecule has 21 heavy (non-hydrogen) atoms. The van der Waals surface area contributed by atoms with E-state index in [4.69, 9.17) is 5.73 Å². The minimum absolute atomic E-state index is 0.122. The lowest BCUT2D eigenvalue weighted by atomic mass is 9.87. The Morgan fingerprint density at radius 1 is 1.29 bits per heavy atom. The highest BCUT2D eigenvalue weighted by molar-refractivity contribution is 5.91. The van der Waals surface area contributed by atoms with Crippen molar-refractivity contribution in [3.8, 4) is 0 Å². The number of primary amides is 1. The van der Waals surface area contributed by atoms with E-state index >= 15 is 0 Å². The van der Waals surface area contributed by atoms with E-state index in [1.165, 1.54) is 6.42 Å². The number of amides is 3. The van der Waals surface area contributed by atoms with Crippen LogP contribution in [0.2, 0.25) is 0 Å². The number of carbonyl (C=O) groups is 2. The summed E-state index contributed by atoms with van der Waals surface area (Å²) < 4.78 is 0. The van der Waals surface area contributed by atoms with Gasteiger partial charge in [-0.05, 0) is 30.4 Å². The van der Waals surface area contributed by atoms with E-state index in [2.05, 4.69) is 17.6 Å². The first kappa shape index (κ1) is 15.4. The van der Waals surface area contributed by atoms with Crippen molar-refractivity contribution in [2.24, 2.45) is 11.7 Å². The van der Waals surface area contributed by atoms with Crippen LogP contribution in [0.4, 0.5) is 10.5 Å². The number of benzene rings is 1. The topological polar surface area (TPSA) is 84.2 Å². The minimum atomic E-state index is -0.411. The number of hydrogen-bond acceptors (Lipinski definition) is 2. The van der Waals surface area contributed by atoms with Gasteiger partial charge >= 0.3 is 6.03 Å². The lowest BCUT2D eigenvalue weighted by molar-refractivity contribution is -0.117. The lowest BCUT2D eigenvalue weighted by Crippen LogP contribution is -2.40. The van der Waals surface area contributed by atoms with E-state index in [0.29, 0.717) is 11.6 Å². The van der Waals surface area contributed by atoms with Gasteiger partial charge in [-0.25, -0.2) is 4.79 Å². The van der Waals surface area contributed by atoms with Gasteiger partial charge in [0.05, 0.1) is 6.42 Å². The summed E-state index contributed by atoms with van der Waals surface area (Å²) in [6, 6.07) is 7.24. The monoisotopic (exact) mass is 289 g/mol. The third-order valence-electron chi connectivity index (χ3n) is 3.90. The Labute approximate surface area is 125 Å². The fourth-order valence-electron chi connectivity index (χ4n) is 2.89. The van der Waals surface area contributed by atoms with E-state index in [0.717, 1.165) is 24.8 Å². The third kappa shape index (κ3) is 4.77. The molecular formula is C16H23N3O2. The maximum atomic E-state index is 12.1. The number of hydrogen-bond donors (Lipinski definition) is 3. The summed E-state index contributed by atoms with van der Waals surface area (Å²) in [4.78, 5) is 23.1. The van der Waals surface area contributed by atoms with Crippen LogP contribution in [0.1, 0.15) is 38.2 Å². The maximum Gasteiger partial charge on any atom is 0.319 e. The number of rotatable bonds is 4. The molecule has 5 heteroatoms. The van der Waals surface area contributed by atoms with Gasteiger partial charge in [0.25, 0.3) is 0 Å². The van der Waals surface area contributed by atoms with Crippen molar-refractivity contribution in [2.75, 3.05) is 5.32 Å². The molecule has 1 fully saturated rings.